The van der Waals surface area contributed by atoms with Crippen molar-refractivity contribution in [3.8, 4) is 11.3 Å². The second-order valence-corrected chi connectivity index (χ2v) is 6.05. The molecular formula is C16H17N3O2S. The van der Waals surface area contributed by atoms with Crippen LogP contribution in [0.2, 0.25) is 0 Å². The van der Waals surface area contributed by atoms with Crippen molar-refractivity contribution in [1.82, 2.24) is 15.2 Å². The van der Waals surface area contributed by atoms with Gasteiger partial charge >= 0.3 is 5.97 Å². The summed E-state index contributed by atoms with van der Waals surface area (Å²) >= 11 is 1.60. The van der Waals surface area contributed by atoms with Gasteiger partial charge in [0.15, 0.2) is 5.65 Å². The zero-order valence-electron chi connectivity index (χ0n) is 12.7. The Bertz CT molecular complexity index is 806. The highest BCUT2D eigenvalue weighted by atomic mass is 32.1. The SMILES string of the molecule is CCOC(=O)c1c(C(C)C)c(-c2ccsc2)nc2[nH]ncc12. The van der Waals surface area contributed by atoms with Crippen molar-refractivity contribution in [3.63, 3.8) is 0 Å². The molecule has 3 heterocycles. The third-order valence-corrected chi connectivity index (χ3v) is 4.17. The normalized spacial score (nSPS) is 11.3. The summed E-state index contributed by atoms with van der Waals surface area (Å²) in [6.07, 6.45) is 1.64. The molecule has 0 saturated heterocycles. The summed E-state index contributed by atoms with van der Waals surface area (Å²) < 4.78 is 5.26. The molecule has 0 radical (unpaired) electrons. The summed E-state index contributed by atoms with van der Waals surface area (Å²) in [6, 6.07) is 2.01. The van der Waals surface area contributed by atoms with Gasteiger partial charge in [-0.2, -0.15) is 16.4 Å². The van der Waals surface area contributed by atoms with Crippen LogP contribution in [0.15, 0.2) is 23.0 Å². The number of nitrogens with one attached hydrogen (secondary N) is 1. The molecular weight excluding hydrogens is 298 g/mol. The van der Waals surface area contributed by atoms with Crippen molar-refractivity contribution in [2.24, 2.45) is 0 Å². The molecule has 22 heavy (non-hydrogen) atoms. The van der Waals surface area contributed by atoms with Crippen LogP contribution in [0, 0.1) is 0 Å². The van der Waals surface area contributed by atoms with Gasteiger partial charge in [-0.3, -0.25) is 5.10 Å². The van der Waals surface area contributed by atoms with E-state index in [2.05, 4.69) is 29.0 Å². The van der Waals surface area contributed by atoms with E-state index in [9.17, 15) is 4.79 Å². The van der Waals surface area contributed by atoms with Crippen LogP contribution in [0.25, 0.3) is 22.3 Å². The van der Waals surface area contributed by atoms with Crippen molar-refractivity contribution >= 4 is 28.3 Å². The fraction of sp³-hybridized carbons (Fsp3) is 0.312. The predicted molar refractivity (Wildman–Crippen MR) is 87.2 cm³/mol. The smallest absolute Gasteiger partial charge is 0.339 e. The highest BCUT2D eigenvalue weighted by molar-refractivity contribution is 7.08. The minimum absolute atomic E-state index is 0.140. The average Bonchev–Trinajstić information content (AvgIpc) is 3.16. The zero-order chi connectivity index (χ0) is 15.7. The molecule has 1 N–H and O–H groups in total. The molecule has 5 nitrogen and oxygen atoms in total. The predicted octanol–water partition coefficient (Wildman–Crippen LogP) is 3.99. The number of hydrogen-bond donors (Lipinski definition) is 1. The van der Waals surface area contributed by atoms with Crippen LogP contribution in [-0.2, 0) is 4.74 Å². The Hall–Kier alpha value is -2.21. The number of rotatable bonds is 4. The van der Waals surface area contributed by atoms with E-state index in [-0.39, 0.29) is 11.9 Å². The van der Waals surface area contributed by atoms with Crippen LogP contribution in [0.1, 0.15) is 42.6 Å². The van der Waals surface area contributed by atoms with Crippen LogP contribution < -0.4 is 0 Å². The molecule has 6 heteroatoms. The first-order valence-electron chi connectivity index (χ1n) is 7.20. The number of fused-ring (bicyclic) bond motifs is 1. The lowest BCUT2D eigenvalue weighted by Crippen LogP contribution is -2.12. The van der Waals surface area contributed by atoms with Crippen LogP contribution >= 0.6 is 11.3 Å². The molecule has 0 bridgehead atoms. The Kier molecular flexibility index (Phi) is 3.94. The molecule has 0 unspecified atom stereocenters. The van der Waals surface area contributed by atoms with E-state index in [1.165, 1.54) is 0 Å². The molecule has 0 aliphatic heterocycles. The molecule has 114 valence electrons. The van der Waals surface area contributed by atoms with Gasteiger partial charge in [-0.15, -0.1) is 0 Å². The van der Waals surface area contributed by atoms with E-state index in [0.29, 0.717) is 23.2 Å². The molecule has 3 aromatic heterocycles. The molecule has 0 amide bonds. The minimum Gasteiger partial charge on any atom is -0.462 e. The third kappa shape index (κ3) is 2.39. The molecule has 3 rings (SSSR count). The van der Waals surface area contributed by atoms with Gasteiger partial charge in [-0.05, 0) is 29.9 Å². The number of pyridine rings is 1. The van der Waals surface area contributed by atoms with Crippen LogP contribution in [0.5, 0.6) is 0 Å². The number of carbonyl (C=O) groups is 1. The van der Waals surface area contributed by atoms with Gasteiger partial charge in [0.05, 0.1) is 29.4 Å². The molecule has 0 fully saturated rings. The summed E-state index contributed by atoms with van der Waals surface area (Å²) in [5.41, 5.74) is 3.91. The minimum atomic E-state index is -0.323. The van der Waals surface area contributed by atoms with Gasteiger partial charge in [0, 0.05) is 10.9 Å². The zero-order valence-corrected chi connectivity index (χ0v) is 13.5. The lowest BCUT2D eigenvalue weighted by Gasteiger charge is -2.16. The molecule has 3 aromatic rings. The van der Waals surface area contributed by atoms with Gasteiger partial charge in [0.1, 0.15) is 0 Å². The first-order valence-corrected chi connectivity index (χ1v) is 8.14. The number of thiophene rings is 1. The van der Waals surface area contributed by atoms with E-state index < -0.39 is 0 Å². The Morgan fingerprint density at radius 3 is 2.91 bits per heavy atom. The quantitative estimate of drug-likeness (QED) is 0.739. The molecule has 0 saturated carbocycles. The molecule has 0 atom stereocenters. The largest absolute Gasteiger partial charge is 0.462 e. The summed E-state index contributed by atoms with van der Waals surface area (Å²) in [5.74, 6) is -0.183. The van der Waals surface area contributed by atoms with Gasteiger partial charge in [0.2, 0.25) is 0 Å². The standard InChI is InChI=1S/C16H17N3O2S/c1-4-21-16(20)13-11-7-17-19-15(11)18-14(12(13)9(2)3)10-5-6-22-8-10/h5-9H,4H2,1-3H3,(H,17,18,19). The number of H-pyrrole nitrogens is 1. The maximum absolute atomic E-state index is 12.5. The average molecular weight is 315 g/mol. The van der Waals surface area contributed by atoms with Crippen LogP contribution in [0.3, 0.4) is 0 Å². The van der Waals surface area contributed by atoms with Crippen molar-refractivity contribution in [1.29, 1.82) is 0 Å². The lowest BCUT2D eigenvalue weighted by molar-refractivity contribution is 0.0527. The van der Waals surface area contributed by atoms with Crippen molar-refractivity contribution < 1.29 is 9.53 Å². The van der Waals surface area contributed by atoms with E-state index in [1.54, 1.807) is 24.5 Å². The Morgan fingerprint density at radius 2 is 2.27 bits per heavy atom. The van der Waals surface area contributed by atoms with E-state index >= 15 is 0 Å². The highest BCUT2D eigenvalue weighted by Gasteiger charge is 2.25. The molecule has 0 aromatic carbocycles. The first-order chi connectivity index (χ1) is 10.6. The van der Waals surface area contributed by atoms with E-state index in [1.807, 2.05) is 16.8 Å². The van der Waals surface area contributed by atoms with Crippen molar-refractivity contribution in [3.05, 3.63) is 34.2 Å². The topological polar surface area (TPSA) is 67.9 Å². The Balaban J connectivity index is 2.36. The lowest BCUT2D eigenvalue weighted by atomic mass is 9.91. The fourth-order valence-corrected chi connectivity index (χ4v) is 3.23. The monoisotopic (exact) mass is 315 g/mol. The fourth-order valence-electron chi connectivity index (χ4n) is 2.59. The number of carbonyl (C=O) groups excluding carboxylic acids is 1. The first kappa shape index (κ1) is 14.7. The van der Waals surface area contributed by atoms with Crippen LogP contribution in [0.4, 0.5) is 0 Å². The highest BCUT2D eigenvalue weighted by Crippen LogP contribution is 2.35. The molecule has 0 aliphatic rings. The second kappa shape index (κ2) is 5.88. The summed E-state index contributed by atoms with van der Waals surface area (Å²) in [4.78, 5) is 17.2. The summed E-state index contributed by atoms with van der Waals surface area (Å²) in [7, 11) is 0. The van der Waals surface area contributed by atoms with Gasteiger partial charge < -0.3 is 4.74 Å². The number of aromatic amines is 1. The maximum atomic E-state index is 12.5. The number of ether oxygens (including phenoxy) is 1. The molecule has 0 spiro atoms. The Labute approximate surface area is 132 Å². The van der Waals surface area contributed by atoms with Gasteiger partial charge in [-0.25, -0.2) is 9.78 Å². The van der Waals surface area contributed by atoms with Gasteiger partial charge in [-0.1, -0.05) is 13.8 Å². The Morgan fingerprint density at radius 1 is 1.45 bits per heavy atom. The third-order valence-electron chi connectivity index (χ3n) is 3.49. The summed E-state index contributed by atoms with van der Waals surface area (Å²) in [5, 5.41) is 11.6. The number of esters is 1. The van der Waals surface area contributed by atoms with Crippen molar-refractivity contribution in [2.45, 2.75) is 26.7 Å². The second-order valence-electron chi connectivity index (χ2n) is 5.27. The van der Waals surface area contributed by atoms with Crippen molar-refractivity contribution in [2.75, 3.05) is 6.61 Å². The van der Waals surface area contributed by atoms with E-state index in [4.69, 9.17) is 4.74 Å². The maximum Gasteiger partial charge on any atom is 0.339 e. The van der Waals surface area contributed by atoms with Gasteiger partial charge in [0.25, 0.3) is 0 Å². The molecule has 0 aliphatic carbocycles. The number of hydrogen-bond acceptors (Lipinski definition) is 5. The number of aromatic nitrogens is 3. The summed E-state index contributed by atoms with van der Waals surface area (Å²) in [6.45, 7) is 6.26. The number of nitrogens with zero attached hydrogens (tertiary/aromatic N) is 2. The van der Waals surface area contributed by atoms with E-state index in [0.717, 1.165) is 16.8 Å². The van der Waals surface area contributed by atoms with Crippen LogP contribution in [-0.4, -0.2) is 27.8 Å².